The van der Waals surface area contributed by atoms with E-state index in [1.54, 1.807) is 6.92 Å². The SMILES string of the molecule is CCOC(=O)C1CC(=O)c2nc(C)n(C)c2C1. The highest BCUT2D eigenvalue weighted by Gasteiger charge is 2.34. The molecule has 0 bridgehead atoms. The smallest absolute Gasteiger partial charge is 0.309 e. The van der Waals surface area contributed by atoms with E-state index in [-0.39, 0.29) is 24.1 Å². The van der Waals surface area contributed by atoms with Crippen molar-refractivity contribution in [3.05, 3.63) is 17.2 Å². The van der Waals surface area contributed by atoms with E-state index in [1.165, 1.54) is 0 Å². The van der Waals surface area contributed by atoms with Gasteiger partial charge in [0.05, 0.1) is 12.5 Å². The zero-order valence-corrected chi connectivity index (χ0v) is 10.3. The molecular formula is C12H16N2O3. The first-order chi connectivity index (χ1) is 8.04. The fraction of sp³-hybridized carbons (Fsp3) is 0.583. The summed E-state index contributed by atoms with van der Waals surface area (Å²) >= 11 is 0. The quantitative estimate of drug-likeness (QED) is 0.720. The van der Waals surface area contributed by atoms with Gasteiger partial charge in [0.2, 0.25) is 0 Å². The van der Waals surface area contributed by atoms with Gasteiger partial charge in [-0.05, 0) is 13.8 Å². The lowest BCUT2D eigenvalue weighted by atomic mass is 9.89. The van der Waals surface area contributed by atoms with Crippen LogP contribution in [0.4, 0.5) is 0 Å². The molecule has 5 heteroatoms. The van der Waals surface area contributed by atoms with Crippen LogP contribution in [-0.2, 0) is 23.0 Å². The first-order valence-corrected chi connectivity index (χ1v) is 5.76. The minimum Gasteiger partial charge on any atom is -0.466 e. The molecule has 1 aliphatic rings. The molecule has 0 aromatic carbocycles. The van der Waals surface area contributed by atoms with Crippen LogP contribution >= 0.6 is 0 Å². The third-order valence-corrected chi connectivity index (χ3v) is 3.19. The Hall–Kier alpha value is -1.65. The summed E-state index contributed by atoms with van der Waals surface area (Å²) in [5.41, 5.74) is 1.36. The molecule has 1 aromatic rings. The second-order valence-corrected chi connectivity index (χ2v) is 4.29. The molecule has 1 unspecified atom stereocenters. The molecule has 0 saturated carbocycles. The monoisotopic (exact) mass is 236 g/mol. The number of carbonyl (C=O) groups excluding carboxylic acids is 2. The number of fused-ring (bicyclic) bond motifs is 1. The lowest BCUT2D eigenvalue weighted by Crippen LogP contribution is -2.29. The molecule has 0 saturated heterocycles. The van der Waals surface area contributed by atoms with Crippen LogP contribution < -0.4 is 0 Å². The molecular weight excluding hydrogens is 220 g/mol. The van der Waals surface area contributed by atoms with Gasteiger partial charge in [-0.3, -0.25) is 9.59 Å². The number of esters is 1. The molecule has 0 amide bonds. The molecule has 2 rings (SSSR count). The third-order valence-electron chi connectivity index (χ3n) is 3.19. The number of imidazole rings is 1. The Labute approximate surface area is 99.8 Å². The van der Waals surface area contributed by atoms with Gasteiger partial charge in [-0.1, -0.05) is 0 Å². The van der Waals surface area contributed by atoms with E-state index in [0.29, 0.717) is 18.7 Å². The van der Waals surface area contributed by atoms with Gasteiger partial charge in [-0.15, -0.1) is 0 Å². The number of Topliss-reactive ketones (excluding diaryl/α,β-unsaturated/α-hetero) is 1. The summed E-state index contributed by atoms with van der Waals surface area (Å²) in [5, 5.41) is 0. The Balaban J connectivity index is 2.29. The van der Waals surface area contributed by atoms with E-state index >= 15 is 0 Å². The number of nitrogens with zero attached hydrogens (tertiary/aromatic N) is 2. The Morgan fingerprint density at radius 2 is 2.24 bits per heavy atom. The number of hydrogen-bond donors (Lipinski definition) is 0. The fourth-order valence-electron chi connectivity index (χ4n) is 2.17. The second kappa shape index (κ2) is 4.31. The first kappa shape index (κ1) is 11.8. The Morgan fingerprint density at radius 1 is 1.53 bits per heavy atom. The van der Waals surface area contributed by atoms with E-state index in [1.807, 2.05) is 18.5 Å². The van der Waals surface area contributed by atoms with Crippen molar-refractivity contribution >= 4 is 11.8 Å². The highest BCUT2D eigenvalue weighted by Crippen LogP contribution is 2.26. The molecule has 92 valence electrons. The average molecular weight is 236 g/mol. The van der Waals surface area contributed by atoms with Crippen LogP contribution in [0, 0.1) is 12.8 Å². The zero-order chi connectivity index (χ0) is 12.6. The number of ether oxygens (including phenoxy) is 1. The maximum absolute atomic E-state index is 11.9. The topological polar surface area (TPSA) is 61.2 Å². The van der Waals surface area contributed by atoms with Crippen LogP contribution in [0.5, 0.6) is 0 Å². The summed E-state index contributed by atoms with van der Waals surface area (Å²) in [7, 11) is 1.86. The molecule has 1 heterocycles. The van der Waals surface area contributed by atoms with E-state index in [4.69, 9.17) is 4.74 Å². The van der Waals surface area contributed by atoms with Crippen molar-refractivity contribution in [1.29, 1.82) is 0 Å². The van der Waals surface area contributed by atoms with Gasteiger partial charge in [-0.2, -0.15) is 0 Å². The number of carbonyl (C=O) groups is 2. The van der Waals surface area contributed by atoms with Crippen molar-refractivity contribution in [3.63, 3.8) is 0 Å². The van der Waals surface area contributed by atoms with Gasteiger partial charge >= 0.3 is 5.97 Å². The van der Waals surface area contributed by atoms with E-state index in [9.17, 15) is 9.59 Å². The van der Waals surface area contributed by atoms with Crippen molar-refractivity contribution < 1.29 is 14.3 Å². The molecule has 0 aliphatic heterocycles. The minimum absolute atomic E-state index is 0.0620. The maximum atomic E-state index is 11.9. The van der Waals surface area contributed by atoms with Gasteiger partial charge in [0, 0.05) is 25.6 Å². The fourth-order valence-corrected chi connectivity index (χ4v) is 2.17. The second-order valence-electron chi connectivity index (χ2n) is 4.29. The number of aryl methyl sites for hydroxylation is 1. The molecule has 1 aliphatic carbocycles. The van der Waals surface area contributed by atoms with E-state index in [0.717, 1.165) is 11.5 Å². The molecule has 0 radical (unpaired) electrons. The van der Waals surface area contributed by atoms with E-state index in [2.05, 4.69) is 4.98 Å². The lowest BCUT2D eigenvalue weighted by molar-refractivity contribution is -0.148. The summed E-state index contributed by atoms with van der Waals surface area (Å²) in [4.78, 5) is 27.8. The molecule has 17 heavy (non-hydrogen) atoms. The largest absolute Gasteiger partial charge is 0.466 e. The summed E-state index contributed by atoms with van der Waals surface area (Å²) < 4.78 is 6.84. The van der Waals surface area contributed by atoms with Crippen LogP contribution in [0.3, 0.4) is 0 Å². The lowest BCUT2D eigenvalue weighted by Gasteiger charge is -2.19. The number of hydrogen-bond acceptors (Lipinski definition) is 4. The van der Waals surface area contributed by atoms with Crippen molar-refractivity contribution in [2.75, 3.05) is 6.61 Å². The highest BCUT2D eigenvalue weighted by atomic mass is 16.5. The van der Waals surface area contributed by atoms with Crippen molar-refractivity contribution in [2.24, 2.45) is 13.0 Å². The van der Waals surface area contributed by atoms with Gasteiger partial charge in [0.1, 0.15) is 11.5 Å². The predicted octanol–water partition coefficient (Wildman–Crippen LogP) is 1.04. The van der Waals surface area contributed by atoms with Crippen LogP contribution in [0.1, 0.15) is 35.4 Å². The highest BCUT2D eigenvalue weighted by molar-refractivity contribution is 5.99. The normalized spacial score (nSPS) is 19.0. The summed E-state index contributed by atoms with van der Waals surface area (Å²) in [5.74, 6) is 0.0935. The first-order valence-electron chi connectivity index (χ1n) is 5.76. The molecule has 1 aromatic heterocycles. The summed E-state index contributed by atoms with van der Waals surface area (Å²) in [6.45, 7) is 3.97. The number of rotatable bonds is 2. The van der Waals surface area contributed by atoms with Crippen LogP contribution in [0.25, 0.3) is 0 Å². The van der Waals surface area contributed by atoms with Gasteiger partial charge < -0.3 is 9.30 Å². The van der Waals surface area contributed by atoms with Crippen LogP contribution in [0.15, 0.2) is 0 Å². The molecule has 0 spiro atoms. The third kappa shape index (κ3) is 1.97. The van der Waals surface area contributed by atoms with E-state index < -0.39 is 0 Å². The molecule has 1 atom stereocenters. The minimum atomic E-state index is -0.357. The maximum Gasteiger partial charge on any atom is 0.309 e. The Bertz CT molecular complexity index is 476. The Morgan fingerprint density at radius 3 is 2.88 bits per heavy atom. The standard InChI is InChI=1S/C12H16N2O3/c1-4-17-12(16)8-5-9-11(10(15)6-8)13-7(2)14(9)3/h8H,4-6H2,1-3H3. The Kier molecular flexibility index (Phi) is 3.00. The molecule has 5 nitrogen and oxygen atoms in total. The van der Waals surface area contributed by atoms with Crippen molar-refractivity contribution in [3.8, 4) is 0 Å². The molecule has 0 N–H and O–H groups in total. The van der Waals surface area contributed by atoms with Gasteiger partial charge in [-0.25, -0.2) is 4.98 Å². The summed E-state index contributed by atoms with van der Waals surface area (Å²) in [6.07, 6.45) is 0.750. The predicted molar refractivity (Wildman–Crippen MR) is 60.7 cm³/mol. The number of aromatic nitrogens is 2. The van der Waals surface area contributed by atoms with Crippen LogP contribution in [0.2, 0.25) is 0 Å². The number of ketones is 1. The average Bonchev–Trinajstić information content (AvgIpc) is 2.57. The zero-order valence-electron chi connectivity index (χ0n) is 10.3. The van der Waals surface area contributed by atoms with Crippen molar-refractivity contribution in [1.82, 2.24) is 9.55 Å². The summed E-state index contributed by atoms with van der Waals surface area (Å²) in [6, 6.07) is 0. The van der Waals surface area contributed by atoms with Crippen molar-refractivity contribution in [2.45, 2.75) is 26.7 Å². The molecule has 0 fully saturated rings. The van der Waals surface area contributed by atoms with Gasteiger partial charge in [0.25, 0.3) is 0 Å². The van der Waals surface area contributed by atoms with Crippen LogP contribution in [-0.4, -0.2) is 27.9 Å². The van der Waals surface area contributed by atoms with Gasteiger partial charge in [0.15, 0.2) is 5.78 Å².